The first-order chi connectivity index (χ1) is 14.4. The summed E-state index contributed by atoms with van der Waals surface area (Å²) < 4.78 is 30.2. The molecule has 1 aromatic heterocycles. The van der Waals surface area contributed by atoms with Crippen molar-refractivity contribution in [3.63, 3.8) is 0 Å². The Kier molecular flexibility index (Phi) is 5.45. The van der Waals surface area contributed by atoms with Gasteiger partial charge in [0.05, 0.1) is 21.2 Å². The molecule has 0 saturated carbocycles. The molecule has 5 nitrogen and oxygen atoms in total. The molecule has 152 valence electrons. The molecule has 7 heteroatoms. The van der Waals surface area contributed by atoms with Gasteiger partial charge in [-0.25, -0.2) is 18.4 Å². The number of sulfone groups is 1. The van der Waals surface area contributed by atoms with E-state index in [2.05, 4.69) is 9.97 Å². The van der Waals surface area contributed by atoms with E-state index < -0.39 is 9.84 Å². The van der Waals surface area contributed by atoms with Crippen molar-refractivity contribution in [3.05, 3.63) is 77.4 Å². The van der Waals surface area contributed by atoms with E-state index in [1.807, 2.05) is 49.4 Å². The lowest BCUT2D eigenvalue weighted by Gasteiger charge is -2.10. The third kappa shape index (κ3) is 4.01. The molecule has 0 aliphatic rings. The summed E-state index contributed by atoms with van der Waals surface area (Å²) in [5.41, 5.74) is 3.66. The van der Waals surface area contributed by atoms with Crippen molar-refractivity contribution < 1.29 is 13.2 Å². The number of ether oxygens (including phenoxy) is 1. The quantitative estimate of drug-likeness (QED) is 0.391. The van der Waals surface area contributed by atoms with Gasteiger partial charge in [-0.05, 0) is 54.4 Å². The molecule has 4 rings (SSSR count). The zero-order valence-corrected chi connectivity index (χ0v) is 18.0. The molecular formula is C23H19ClN2O3S. The number of halogens is 1. The maximum Gasteiger partial charge on any atom is 0.241 e. The first kappa shape index (κ1) is 20.3. The Bertz CT molecular complexity index is 1340. The fourth-order valence-electron chi connectivity index (χ4n) is 3.07. The summed E-state index contributed by atoms with van der Waals surface area (Å²) >= 11 is 6.18. The zero-order chi connectivity index (χ0) is 21.3. The Balaban J connectivity index is 1.62. The van der Waals surface area contributed by atoms with Crippen LogP contribution in [0.5, 0.6) is 11.6 Å². The van der Waals surface area contributed by atoms with E-state index in [0.717, 1.165) is 11.1 Å². The summed E-state index contributed by atoms with van der Waals surface area (Å²) in [7, 11) is -3.25. The molecule has 4 aromatic rings. The van der Waals surface area contributed by atoms with Crippen molar-refractivity contribution >= 4 is 32.5 Å². The first-order valence-electron chi connectivity index (χ1n) is 9.41. The van der Waals surface area contributed by atoms with Gasteiger partial charge >= 0.3 is 0 Å². The van der Waals surface area contributed by atoms with Crippen molar-refractivity contribution in [3.8, 4) is 22.8 Å². The van der Waals surface area contributed by atoms with Gasteiger partial charge in [-0.15, -0.1) is 0 Å². The Hall–Kier alpha value is -2.96. The van der Waals surface area contributed by atoms with Crippen LogP contribution in [0.4, 0.5) is 0 Å². The highest BCUT2D eigenvalue weighted by Gasteiger charge is 2.13. The van der Waals surface area contributed by atoms with Crippen molar-refractivity contribution in [2.45, 2.75) is 18.7 Å². The Morgan fingerprint density at radius 2 is 1.67 bits per heavy atom. The van der Waals surface area contributed by atoms with Gasteiger partial charge in [-0.3, -0.25) is 0 Å². The number of rotatable bonds is 5. The number of fused-ring (bicyclic) bond motifs is 1. The van der Waals surface area contributed by atoms with Crippen LogP contribution in [0.25, 0.3) is 22.2 Å². The van der Waals surface area contributed by atoms with Crippen LogP contribution in [-0.4, -0.2) is 24.1 Å². The maximum atomic E-state index is 12.1. The molecule has 30 heavy (non-hydrogen) atoms. The van der Waals surface area contributed by atoms with Crippen LogP contribution in [0.15, 0.2) is 71.6 Å². The highest BCUT2D eigenvalue weighted by molar-refractivity contribution is 7.91. The average Bonchev–Trinajstić information content (AvgIpc) is 2.76. The van der Waals surface area contributed by atoms with Crippen LogP contribution in [0.1, 0.15) is 12.6 Å². The summed E-state index contributed by atoms with van der Waals surface area (Å²) in [5.74, 6) is 1.09. The summed E-state index contributed by atoms with van der Waals surface area (Å²) in [6.07, 6.45) is 0. The van der Waals surface area contributed by atoms with E-state index >= 15 is 0 Å². The van der Waals surface area contributed by atoms with Gasteiger partial charge in [0, 0.05) is 0 Å². The predicted octanol–water partition coefficient (Wildman–Crippen LogP) is 5.84. The molecule has 0 aliphatic heterocycles. The Labute approximate surface area is 180 Å². The highest BCUT2D eigenvalue weighted by atomic mass is 35.5. The van der Waals surface area contributed by atoms with Crippen LogP contribution in [-0.2, 0) is 9.84 Å². The summed E-state index contributed by atoms with van der Waals surface area (Å²) in [6, 6.07) is 19.8. The molecular weight excluding hydrogens is 420 g/mol. The summed E-state index contributed by atoms with van der Waals surface area (Å²) in [5, 5.41) is 0.548. The number of hydrogen-bond donors (Lipinski definition) is 0. The smallest absolute Gasteiger partial charge is 0.241 e. The molecule has 3 aromatic carbocycles. The minimum absolute atomic E-state index is 0.0700. The van der Waals surface area contributed by atoms with Crippen LogP contribution < -0.4 is 4.74 Å². The predicted molar refractivity (Wildman–Crippen MR) is 119 cm³/mol. The molecule has 0 radical (unpaired) electrons. The number of nitrogens with zero attached hydrogens (tertiary/aromatic N) is 2. The first-order valence-corrected chi connectivity index (χ1v) is 11.4. The maximum absolute atomic E-state index is 12.1. The lowest BCUT2D eigenvalue weighted by Crippen LogP contribution is -2.03. The van der Waals surface area contributed by atoms with E-state index in [-0.39, 0.29) is 5.75 Å². The van der Waals surface area contributed by atoms with Crippen LogP contribution in [0.3, 0.4) is 0 Å². The van der Waals surface area contributed by atoms with Crippen LogP contribution in [0.2, 0.25) is 5.02 Å². The standard InChI is InChI=1S/C23H19ClN2O3S/c1-3-30(27,28)19-7-4-6-17(14-19)16-10-12-18(13-11-16)29-23-15(2)25-22-20(24)8-5-9-21(22)26-23/h4-14H,3H2,1-2H3. The number of benzene rings is 3. The number of aromatic nitrogens is 2. The average molecular weight is 439 g/mol. The van der Waals surface area contributed by atoms with Crippen molar-refractivity contribution in [1.29, 1.82) is 0 Å². The lowest BCUT2D eigenvalue weighted by atomic mass is 10.1. The summed E-state index contributed by atoms with van der Waals surface area (Å²) in [6.45, 7) is 3.46. The third-order valence-corrected chi connectivity index (χ3v) is 6.79. The lowest BCUT2D eigenvalue weighted by molar-refractivity contribution is 0.458. The van der Waals surface area contributed by atoms with E-state index in [4.69, 9.17) is 16.3 Å². The van der Waals surface area contributed by atoms with Gasteiger partial charge < -0.3 is 4.74 Å². The molecule has 0 fully saturated rings. The fraction of sp³-hybridized carbons (Fsp3) is 0.130. The minimum Gasteiger partial charge on any atom is -0.437 e. The van der Waals surface area contributed by atoms with Gasteiger partial charge in [-0.1, -0.05) is 48.9 Å². The molecule has 0 amide bonds. The molecule has 0 saturated heterocycles. The Morgan fingerprint density at radius 1 is 0.933 bits per heavy atom. The molecule has 1 heterocycles. The minimum atomic E-state index is -3.25. The van der Waals surface area contributed by atoms with Crippen molar-refractivity contribution in [1.82, 2.24) is 9.97 Å². The van der Waals surface area contributed by atoms with Gasteiger partial charge in [0.1, 0.15) is 17.0 Å². The van der Waals surface area contributed by atoms with Crippen LogP contribution >= 0.6 is 11.6 Å². The number of para-hydroxylation sites is 1. The summed E-state index contributed by atoms with van der Waals surface area (Å²) in [4.78, 5) is 9.35. The molecule has 0 N–H and O–H groups in total. The van der Waals surface area contributed by atoms with Gasteiger partial charge in [-0.2, -0.15) is 0 Å². The zero-order valence-electron chi connectivity index (χ0n) is 16.5. The monoisotopic (exact) mass is 438 g/mol. The Morgan fingerprint density at radius 3 is 2.40 bits per heavy atom. The van der Waals surface area contributed by atoms with E-state index in [0.29, 0.717) is 38.3 Å². The van der Waals surface area contributed by atoms with Gasteiger partial charge in [0.25, 0.3) is 0 Å². The molecule has 0 atom stereocenters. The second-order valence-corrected chi connectivity index (χ2v) is 9.46. The fourth-order valence-corrected chi connectivity index (χ4v) is 4.21. The van der Waals surface area contributed by atoms with Gasteiger partial charge in [0.2, 0.25) is 5.88 Å². The molecule has 0 unspecified atom stereocenters. The van der Waals surface area contributed by atoms with Crippen molar-refractivity contribution in [2.75, 3.05) is 5.75 Å². The normalized spacial score (nSPS) is 11.6. The van der Waals surface area contributed by atoms with Gasteiger partial charge in [0.15, 0.2) is 9.84 Å². The molecule has 0 spiro atoms. The molecule has 0 aliphatic carbocycles. The second kappa shape index (κ2) is 8.05. The SMILES string of the molecule is CCS(=O)(=O)c1cccc(-c2ccc(Oc3nc4cccc(Cl)c4nc3C)cc2)c1. The topological polar surface area (TPSA) is 69.2 Å². The highest BCUT2D eigenvalue weighted by Crippen LogP contribution is 2.29. The van der Waals surface area contributed by atoms with E-state index in [9.17, 15) is 8.42 Å². The van der Waals surface area contributed by atoms with Crippen LogP contribution in [0, 0.1) is 6.92 Å². The second-order valence-electron chi connectivity index (χ2n) is 6.78. The van der Waals surface area contributed by atoms with E-state index in [1.165, 1.54) is 0 Å². The number of aryl methyl sites for hydroxylation is 1. The number of hydrogen-bond acceptors (Lipinski definition) is 5. The third-order valence-electron chi connectivity index (χ3n) is 4.75. The van der Waals surface area contributed by atoms with E-state index in [1.54, 1.807) is 31.2 Å². The molecule has 0 bridgehead atoms. The largest absolute Gasteiger partial charge is 0.437 e. The van der Waals surface area contributed by atoms with Crippen molar-refractivity contribution in [2.24, 2.45) is 0 Å².